The van der Waals surface area contributed by atoms with Gasteiger partial charge >= 0.3 is 0 Å². The molecule has 1 aliphatic heterocycles. The summed E-state index contributed by atoms with van der Waals surface area (Å²) in [7, 11) is 0. The molecule has 100 valence electrons. The molecule has 0 unspecified atom stereocenters. The standard InChI is InChI=1S/C12H17IN2O2S/c13-10-2-1-9(18-10)3-6-15-11(16)12(14)4-7-17-8-5-12/h1-2H,3-8,14H2,(H,15,16). The van der Waals surface area contributed by atoms with Crippen molar-refractivity contribution in [2.45, 2.75) is 24.8 Å². The number of rotatable bonds is 4. The van der Waals surface area contributed by atoms with Gasteiger partial charge in [0, 0.05) is 24.6 Å². The molecule has 1 aromatic rings. The van der Waals surface area contributed by atoms with Gasteiger partial charge in [0.25, 0.3) is 0 Å². The van der Waals surface area contributed by atoms with Gasteiger partial charge in [0.1, 0.15) is 0 Å². The van der Waals surface area contributed by atoms with Crippen molar-refractivity contribution in [3.8, 4) is 0 Å². The lowest BCUT2D eigenvalue weighted by Crippen LogP contribution is -2.57. The van der Waals surface area contributed by atoms with Crippen LogP contribution in [0.4, 0.5) is 0 Å². The van der Waals surface area contributed by atoms with Crippen LogP contribution in [0.15, 0.2) is 12.1 Å². The van der Waals surface area contributed by atoms with E-state index in [2.05, 4.69) is 40.0 Å². The quantitative estimate of drug-likeness (QED) is 0.779. The Hall–Kier alpha value is -0.180. The third-order valence-electron chi connectivity index (χ3n) is 3.12. The molecule has 2 rings (SSSR count). The van der Waals surface area contributed by atoms with E-state index >= 15 is 0 Å². The normalized spacial score (nSPS) is 18.6. The first-order valence-corrected chi connectivity index (χ1v) is 7.89. The first-order valence-electron chi connectivity index (χ1n) is 5.99. The van der Waals surface area contributed by atoms with E-state index in [1.54, 1.807) is 11.3 Å². The van der Waals surface area contributed by atoms with Gasteiger partial charge in [-0.3, -0.25) is 4.79 Å². The van der Waals surface area contributed by atoms with Gasteiger partial charge in [0.2, 0.25) is 5.91 Å². The Labute approximate surface area is 124 Å². The molecule has 0 atom stereocenters. The van der Waals surface area contributed by atoms with Gasteiger partial charge in [-0.25, -0.2) is 0 Å². The van der Waals surface area contributed by atoms with Gasteiger partial charge in [-0.2, -0.15) is 0 Å². The van der Waals surface area contributed by atoms with Crippen molar-refractivity contribution in [1.29, 1.82) is 0 Å². The average molecular weight is 380 g/mol. The zero-order chi connectivity index (χ0) is 13.0. The molecule has 6 heteroatoms. The van der Waals surface area contributed by atoms with Gasteiger partial charge in [-0.05, 0) is 54.0 Å². The molecule has 1 aromatic heterocycles. The molecule has 1 saturated heterocycles. The minimum Gasteiger partial charge on any atom is -0.381 e. The molecule has 1 aliphatic rings. The monoisotopic (exact) mass is 380 g/mol. The summed E-state index contributed by atoms with van der Waals surface area (Å²) in [5.74, 6) is -0.0444. The fourth-order valence-electron chi connectivity index (χ4n) is 1.92. The Morgan fingerprint density at radius 1 is 1.50 bits per heavy atom. The van der Waals surface area contributed by atoms with Crippen LogP contribution in [0.5, 0.6) is 0 Å². The Bertz CT molecular complexity index is 416. The number of thiophene rings is 1. The molecule has 0 aromatic carbocycles. The van der Waals surface area contributed by atoms with Crippen LogP contribution >= 0.6 is 33.9 Å². The van der Waals surface area contributed by atoms with Crippen LogP contribution in [0.1, 0.15) is 17.7 Å². The third kappa shape index (κ3) is 3.66. The van der Waals surface area contributed by atoms with Crippen LogP contribution in [0, 0.1) is 2.88 Å². The second-order valence-corrected chi connectivity index (χ2v) is 7.54. The first kappa shape index (κ1) is 14.2. The fraction of sp³-hybridized carbons (Fsp3) is 0.583. The largest absolute Gasteiger partial charge is 0.381 e. The number of carbonyl (C=O) groups is 1. The van der Waals surface area contributed by atoms with Crippen molar-refractivity contribution in [3.63, 3.8) is 0 Å². The summed E-state index contributed by atoms with van der Waals surface area (Å²) in [5, 5.41) is 2.94. The fourth-order valence-corrected chi connectivity index (χ4v) is 3.68. The van der Waals surface area contributed by atoms with Gasteiger partial charge < -0.3 is 15.8 Å². The highest BCUT2D eigenvalue weighted by Gasteiger charge is 2.35. The second-order valence-electron chi connectivity index (χ2n) is 4.48. The molecule has 0 saturated carbocycles. The van der Waals surface area contributed by atoms with Crippen molar-refractivity contribution >= 4 is 39.8 Å². The van der Waals surface area contributed by atoms with Crippen LogP contribution in [-0.4, -0.2) is 31.2 Å². The smallest absolute Gasteiger partial charge is 0.240 e. The van der Waals surface area contributed by atoms with E-state index in [-0.39, 0.29) is 5.91 Å². The summed E-state index contributed by atoms with van der Waals surface area (Å²) < 4.78 is 6.50. The zero-order valence-electron chi connectivity index (χ0n) is 10.1. The highest BCUT2D eigenvalue weighted by atomic mass is 127. The number of nitrogens with one attached hydrogen (secondary N) is 1. The lowest BCUT2D eigenvalue weighted by Gasteiger charge is -2.31. The lowest BCUT2D eigenvalue weighted by molar-refractivity contribution is -0.129. The topological polar surface area (TPSA) is 64.4 Å². The minimum atomic E-state index is -0.734. The minimum absolute atomic E-state index is 0.0444. The summed E-state index contributed by atoms with van der Waals surface area (Å²) in [6.45, 7) is 1.80. The Morgan fingerprint density at radius 2 is 2.22 bits per heavy atom. The van der Waals surface area contributed by atoms with Crippen molar-refractivity contribution in [2.75, 3.05) is 19.8 Å². The van der Waals surface area contributed by atoms with Crippen LogP contribution < -0.4 is 11.1 Å². The van der Waals surface area contributed by atoms with Crippen molar-refractivity contribution in [2.24, 2.45) is 5.73 Å². The van der Waals surface area contributed by atoms with E-state index in [1.807, 2.05) is 0 Å². The van der Waals surface area contributed by atoms with E-state index in [4.69, 9.17) is 10.5 Å². The lowest BCUT2D eigenvalue weighted by atomic mass is 9.90. The highest BCUT2D eigenvalue weighted by Crippen LogP contribution is 2.19. The van der Waals surface area contributed by atoms with E-state index in [9.17, 15) is 4.79 Å². The maximum absolute atomic E-state index is 12.0. The van der Waals surface area contributed by atoms with Crippen molar-refractivity contribution < 1.29 is 9.53 Å². The molecule has 2 heterocycles. The Balaban J connectivity index is 1.77. The van der Waals surface area contributed by atoms with Gasteiger partial charge in [0.05, 0.1) is 8.42 Å². The molecular formula is C12H17IN2O2S. The summed E-state index contributed by atoms with van der Waals surface area (Å²) in [6.07, 6.45) is 2.08. The van der Waals surface area contributed by atoms with Crippen molar-refractivity contribution in [1.82, 2.24) is 5.32 Å². The number of halogens is 1. The van der Waals surface area contributed by atoms with Crippen LogP contribution in [0.3, 0.4) is 0 Å². The molecule has 1 amide bonds. The van der Waals surface area contributed by atoms with E-state index < -0.39 is 5.54 Å². The summed E-state index contributed by atoms with van der Waals surface area (Å²) in [5.41, 5.74) is 5.36. The second kappa shape index (κ2) is 6.31. The third-order valence-corrected chi connectivity index (χ3v) is 5.08. The SMILES string of the molecule is NC1(C(=O)NCCc2ccc(I)s2)CCOCC1. The molecular weight excluding hydrogens is 363 g/mol. The Morgan fingerprint density at radius 3 is 2.83 bits per heavy atom. The molecule has 0 radical (unpaired) electrons. The Kier molecular flexibility index (Phi) is 4.99. The number of hydrogen-bond donors (Lipinski definition) is 2. The zero-order valence-corrected chi connectivity index (χ0v) is 13.1. The number of hydrogen-bond acceptors (Lipinski definition) is 4. The molecule has 18 heavy (non-hydrogen) atoms. The first-order chi connectivity index (χ1) is 8.60. The predicted octanol–water partition coefficient (Wildman–Crippen LogP) is 1.52. The number of carbonyl (C=O) groups excluding carboxylic acids is 1. The van der Waals surface area contributed by atoms with E-state index in [0.717, 1.165) is 6.42 Å². The number of nitrogens with two attached hydrogens (primary N) is 1. The highest BCUT2D eigenvalue weighted by molar-refractivity contribution is 14.1. The number of amides is 1. The molecule has 0 spiro atoms. The maximum Gasteiger partial charge on any atom is 0.240 e. The van der Waals surface area contributed by atoms with Crippen molar-refractivity contribution in [3.05, 3.63) is 19.9 Å². The maximum atomic E-state index is 12.0. The molecule has 3 N–H and O–H groups in total. The predicted molar refractivity (Wildman–Crippen MR) is 80.7 cm³/mol. The molecule has 0 bridgehead atoms. The van der Waals surface area contributed by atoms with Crippen LogP contribution in [0.2, 0.25) is 0 Å². The van der Waals surface area contributed by atoms with Gasteiger partial charge in [-0.1, -0.05) is 0 Å². The van der Waals surface area contributed by atoms with Gasteiger partial charge in [-0.15, -0.1) is 11.3 Å². The summed E-state index contributed by atoms with van der Waals surface area (Å²) >= 11 is 4.06. The molecule has 0 aliphatic carbocycles. The van der Waals surface area contributed by atoms with E-state index in [0.29, 0.717) is 32.6 Å². The van der Waals surface area contributed by atoms with Crippen LogP contribution in [-0.2, 0) is 16.0 Å². The molecule has 1 fully saturated rings. The van der Waals surface area contributed by atoms with Crippen LogP contribution in [0.25, 0.3) is 0 Å². The summed E-state index contributed by atoms with van der Waals surface area (Å²) in [6, 6.07) is 4.19. The number of ether oxygens (including phenoxy) is 1. The van der Waals surface area contributed by atoms with E-state index in [1.165, 1.54) is 7.76 Å². The molecule has 4 nitrogen and oxygen atoms in total. The summed E-state index contributed by atoms with van der Waals surface area (Å²) in [4.78, 5) is 13.3. The average Bonchev–Trinajstić information content (AvgIpc) is 2.76. The van der Waals surface area contributed by atoms with Gasteiger partial charge in [0.15, 0.2) is 0 Å².